The maximum absolute atomic E-state index is 13.2. The molecule has 0 saturated carbocycles. The van der Waals surface area contributed by atoms with Crippen LogP contribution in [0.2, 0.25) is 0 Å². The average Bonchev–Trinajstić information content (AvgIpc) is 3.23. The van der Waals surface area contributed by atoms with Gasteiger partial charge in [-0.1, -0.05) is 30.3 Å². The first-order chi connectivity index (χ1) is 30.2. The molecule has 1 aromatic rings. The molecule has 0 fully saturated rings. The van der Waals surface area contributed by atoms with Gasteiger partial charge in [-0.2, -0.15) is 12.6 Å². The third kappa shape index (κ3) is 24.2. The van der Waals surface area contributed by atoms with E-state index in [1.807, 2.05) is 10.6 Å². The van der Waals surface area contributed by atoms with E-state index in [0.29, 0.717) is 5.56 Å². The van der Waals surface area contributed by atoms with Crippen LogP contribution in [0.3, 0.4) is 0 Å². The monoisotopic (exact) mass is 930 g/mol. The zero-order valence-electron chi connectivity index (χ0n) is 34.3. The van der Waals surface area contributed by atoms with Gasteiger partial charge in [0.15, 0.2) is 0 Å². The van der Waals surface area contributed by atoms with Crippen LogP contribution in [0.25, 0.3) is 0 Å². The number of carboxylic acids is 5. The summed E-state index contributed by atoms with van der Waals surface area (Å²) in [5.41, 5.74) is 6.56. The Morgan fingerprint density at radius 2 is 1.12 bits per heavy atom. The molecular formula is C37H54N8O18S. The van der Waals surface area contributed by atoms with E-state index >= 15 is 0 Å². The van der Waals surface area contributed by atoms with Gasteiger partial charge < -0.3 is 78.0 Å². The normalized spacial score (nSPS) is 13.5. The van der Waals surface area contributed by atoms with Crippen LogP contribution in [0.5, 0.6) is 0 Å². The standard InChI is InChI=1S/C37H54N8O18S/c38-21(31(52)42-25(17-30(50)51)33(54)43-26(19-64)36(59)60)18-40-32(53)24(16-20-4-2-1-3-5-20)41-28(47)10-12-62-14-15-63-13-11-39-27(46)8-6-22(34(55)56)44-37(61)45-23(35(57)58)7-9-29(48)49/h1-5,21-26,64H,6-19,38H2,(H,39,46)(H,40,53)(H,41,47)(H,42,52)(H,43,54)(H,48,49)(H,50,51)(H,55,56)(H,57,58)(H,59,60)(H2,44,45,61)/t21-,22-,23-,24?,25-,26-/m0/s1. The average molecular weight is 931 g/mol. The van der Waals surface area contributed by atoms with Gasteiger partial charge in [0.1, 0.15) is 36.3 Å². The van der Waals surface area contributed by atoms with E-state index in [9.17, 15) is 63.0 Å². The van der Waals surface area contributed by atoms with Gasteiger partial charge in [0.25, 0.3) is 0 Å². The number of carbonyl (C=O) groups excluding carboxylic acids is 6. The number of aliphatic carboxylic acids is 5. The molecule has 1 unspecified atom stereocenters. The smallest absolute Gasteiger partial charge is 0.327 e. The molecule has 0 spiro atoms. The van der Waals surface area contributed by atoms with Crippen LogP contribution in [-0.4, -0.2) is 172 Å². The Morgan fingerprint density at radius 3 is 1.67 bits per heavy atom. The van der Waals surface area contributed by atoms with Crippen LogP contribution in [0, 0.1) is 0 Å². The Bertz CT molecular complexity index is 1770. The Hall–Kier alpha value is -6.58. The van der Waals surface area contributed by atoms with Crippen molar-refractivity contribution in [3.8, 4) is 0 Å². The molecule has 0 aliphatic rings. The van der Waals surface area contributed by atoms with Gasteiger partial charge in [-0.15, -0.1) is 0 Å². The predicted octanol–water partition coefficient (Wildman–Crippen LogP) is -3.99. The maximum atomic E-state index is 13.2. The van der Waals surface area contributed by atoms with Crippen LogP contribution in [0.4, 0.5) is 4.79 Å². The lowest BCUT2D eigenvalue weighted by Crippen LogP contribution is -2.57. The van der Waals surface area contributed by atoms with Gasteiger partial charge in [0.05, 0.1) is 32.8 Å². The van der Waals surface area contributed by atoms with Crippen LogP contribution in [0.15, 0.2) is 30.3 Å². The predicted molar refractivity (Wildman–Crippen MR) is 221 cm³/mol. The third-order valence-corrected chi connectivity index (χ3v) is 8.87. The Kier molecular flexibility index (Phi) is 26.4. The SMILES string of the molecule is N[C@@H](CNC(=O)C(Cc1ccccc1)NC(=O)CCOCCOCCNC(=O)CC[C@H](NC(=O)N[C@@H](CCC(=O)O)C(=O)O)C(=O)O)C(=O)N[C@@H](CC(=O)O)C(=O)N[C@@H](CS)C(=O)O. The van der Waals surface area contributed by atoms with E-state index in [-0.39, 0.29) is 64.4 Å². The number of hydrogen-bond acceptors (Lipinski definition) is 15. The van der Waals surface area contributed by atoms with Gasteiger partial charge in [-0.3, -0.25) is 33.6 Å². The van der Waals surface area contributed by atoms with E-state index in [1.54, 1.807) is 30.3 Å². The molecule has 6 atom stereocenters. The first-order valence-electron chi connectivity index (χ1n) is 19.4. The molecule has 0 aliphatic carbocycles. The highest BCUT2D eigenvalue weighted by atomic mass is 32.1. The number of ether oxygens (including phenoxy) is 2. The molecule has 0 aliphatic heterocycles. The molecule has 1 aromatic carbocycles. The zero-order valence-corrected chi connectivity index (χ0v) is 35.2. The number of benzene rings is 1. The first kappa shape index (κ1) is 55.4. The summed E-state index contributed by atoms with van der Waals surface area (Å²) in [6, 6.07) is -1.56. The van der Waals surface area contributed by atoms with Crippen molar-refractivity contribution in [3.63, 3.8) is 0 Å². The van der Waals surface area contributed by atoms with Crippen molar-refractivity contribution in [1.29, 1.82) is 0 Å². The van der Waals surface area contributed by atoms with Crippen molar-refractivity contribution in [2.75, 3.05) is 45.3 Å². The fraction of sp³-hybridized carbons (Fsp3) is 0.541. The van der Waals surface area contributed by atoms with E-state index in [2.05, 4.69) is 39.2 Å². The fourth-order valence-corrected chi connectivity index (χ4v) is 5.37. The van der Waals surface area contributed by atoms with Crippen molar-refractivity contribution >= 4 is 78.0 Å². The summed E-state index contributed by atoms with van der Waals surface area (Å²) in [6.07, 6.45) is -2.76. The molecule has 0 radical (unpaired) electrons. The number of nitrogens with one attached hydrogen (secondary N) is 7. The van der Waals surface area contributed by atoms with Crippen LogP contribution in [0.1, 0.15) is 44.1 Å². The van der Waals surface area contributed by atoms with E-state index in [1.165, 1.54) is 0 Å². The molecule has 14 N–H and O–H groups in total. The van der Waals surface area contributed by atoms with Crippen LogP contribution < -0.4 is 43.0 Å². The summed E-state index contributed by atoms with van der Waals surface area (Å²) in [5.74, 6) is -11.6. The van der Waals surface area contributed by atoms with Crippen molar-refractivity contribution in [2.24, 2.45) is 5.73 Å². The molecule has 356 valence electrons. The fourth-order valence-electron chi connectivity index (χ4n) is 5.13. The highest BCUT2D eigenvalue weighted by molar-refractivity contribution is 7.80. The van der Waals surface area contributed by atoms with Crippen molar-refractivity contribution in [3.05, 3.63) is 35.9 Å². The van der Waals surface area contributed by atoms with Gasteiger partial charge in [-0.25, -0.2) is 19.2 Å². The Morgan fingerprint density at radius 1 is 0.562 bits per heavy atom. The van der Waals surface area contributed by atoms with Crippen molar-refractivity contribution in [2.45, 2.75) is 81.2 Å². The second kappa shape index (κ2) is 30.5. The van der Waals surface area contributed by atoms with Crippen molar-refractivity contribution < 1.29 is 87.7 Å². The zero-order chi connectivity index (χ0) is 48.2. The minimum atomic E-state index is -1.71. The molecule has 0 bridgehead atoms. The number of urea groups is 1. The number of nitrogens with two attached hydrogens (primary N) is 1. The molecule has 0 heterocycles. The quantitative estimate of drug-likeness (QED) is 0.0236. The van der Waals surface area contributed by atoms with Gasteiger partial charge in [0.2, 0.25) is 29.5 Å². The molecule has 27 heteroatoms. The summed E-state index contributed by atoms with van der Waals surface area (Å²) < 4.78 is 10.8. The van der Waals surface area contributed by atoms with Crippen molar-refractivity contribution in [1.82, 2.24) is 37.2 Å². The molecular weight excluding hydrogens is 877 g/mol. The lowest BCUT2D eigenvalue weighted by atomic mass is 10.0. The molecule has 0 aromatic heterocycles. The maximum Gasteiger partial charge on any atom is 0.327 e. The van der Waals surface area contributed by atoms with Crippen LogP contribution >= 0.6 is 12.6 Å². The summed E-state index contributed by atoms with van der Waals surface area (Å²) >= 11 is 3.82. The summed E-state index contributed by atoms with van der Waals surface area (Å²) in [7, 11) is 0. The molecule has 64 heavy (non-hydrogen) atoms. The highest BCUT2D eigenvalue weighted by Crippen LogP contribution is 2.05. The number of amides is 7. The number of carboxylic acid groups (broad SMARTS) is 5. The molecule has 26 nitrogen and oxygen atoms in total. The van der Waals surface area contributed by atoms with E-state index < -0.39 is 127 Å². The molecule has 1 rings (SSSR count). The molecule has 7 amide bonds. The summed E-state index contributed by atoms with van der Waals surface area (Å²) in [4.78, 5) is 132. The number of rotatable bonds is 33. The second-order valence-electron chi connectivity index (χ2n) is 13.6. The van der Waals surface area contributed by atoms with E-state index in [0.717, 1.165) is 0 Å². The van der Waals surface area contributed by atoms with Crippen LogP contribution in [-0.2, 0) is 63.8 Å². The topological polar surface area (TPSA) is 418 Å². The van der Waals surface area contributed by atoms with E-state index in [4.69, 9.17) is 30.5 Å². The second-order valence-corrected chi connectivity index (χ2v) is 14.0. The molecule has 0 saturated heterocycles. The van der Waals surface area contributed by atoms with Gasteiger partial charge in [-0.05, 0) is 18.4 Å². The number of hydrogen-bond donors (Lipinski definition) is 14. The lowest BCUT2D eigenvalue weighted by Gasteiger charge is -2.22. The number of thiol groups is 1. The minimum Gasteiger partial charge on any atom is -0.481 e. The summed E-state index contributed by atoms with van der Waals surface area (Å²) in [6.45, 7) is -0.463. The largest absolute Gasteiger partial charge is 0.481 e. The highest BCUT2D eigenvalue weighted by Gasteiger charge is 2.30. The first-order valence-corrected chi connectivity index (χ1v) is 20.1. The number of carbonyl (C=O) groups is 11. The van der Waals surface area contributed by atoms with Gasteiger partial charge in [0, 0.05) is 44.5 Å². The third-order valence-electron chi connectivity index (χ3n) is 8.50. The van der Waals surface area contributed by atoms with Gasteiger partial charge >= 0.3 is 35.9 Å². The summed E-state index contributed by atoms with van der Waals surface area (Å²) in [5, 5.41) is 61.3. The Labute approximate surface area is 370 Å². The Balaban J connectivity index is 2.52. The minimum absolute atomic E-state index is 0.0191. The lowest BCUT2D eigenvalue weighted by molar-refractivity contribution is -0.143.